The highest BCUT2D eigenvalue weighted by atomic mass is 127. The Labute approximate surface area is 181 Å². The molecule has 0 radical (unpaired) electrons. The van der Waals surface area contributed by atoms with Crippen LogP contribution < -0.4 is 10.6 Å². The van der Waals surface area contributed by atoms with Crippen LogP contribution in [-0.2, 0) is 15.0 Å². The molecule has 0 saturated carbocycles. The Morgan fingerprint density at radius 1 is 0.929 bits per heavy atom. The Bertz CT molecular complexity index is 820. The van der Waals surface area contributed by atoms with E-state index in [0.717, 1.165) is 12.0 Å². The van der Waals surface area contributed by atoms with Crippen LogP contribution >= 0.6 is 22.6 Å². The van der Waals surface area contributed by atoms with Crippen molar-refractivity contribution in [3.05, 3.63) is 67.8 Å². The number of carbonyl (C=O) groups excluding carboxylic acids is 2. The SMILES string of the molecule is CCCC1(c2ccccc2)C(=O)NCNC1=O.Cc1cc(I)c(C)c(C)c1C. The first-order valence-corrected chi connectivity index (χ1v) is 10.7. The van der Waals surface area contributed by atoms with Gasteiger partial charge in [0.25, 0.3) is 0 Å². The predicted octanol–water partition coefficient (Wildman–Crippen LogP) is 4.45. The summed E-state index contributed by atoms with van der Waals surface area (Å²) in [6.07, 6.45) is 1.30. The van der Waals surface area contributed by atoms with Gasteiger partial charge in [-0.1, -0.05) is 43.7 Å². The summed E-state index contributed by atoms with van der Waals surface area (Å²) in [5, 5.41) is 5.43. The summed E-state index contributed by atoms with van der Waals surface area (Å²) in [6, 6.07) is 11.5. The summed E-state index contributed by atoms with van der Waals surface area (Å²) in [6.45, 7) is 10.9. The third-order valence-corrected chi connectivity index (χ3v) is 6.70. The van der Waals surface area contributed by atoms with Crippen LogP contribution in [0.2, 0.25) is 0 Å². The van der Waals surface area contributed by atoms with Crippen LogP contribution in [0.1, 0.15) is 47.6 Å². The molecule has 4 nitrogen and oxygen atoms in total. The molecule has 2 N–H and O–H groups in total. The van der Waals surface area contributed by atoms with Crippen molar-refractivity contribution in [1.29, 1.82) is 0 Å². The number of hydrogen-bond acceptors (Lipinski definition) is 2. The van der Waals surface area contributed by atoms with Crippen LogP contribution in [0, 0.1) is 31.3 Å². The van der Waals surface area contributed by atoms with Gasteiger partial charge in [-0.2, -0.15) is 0 Å². The third kappa shape index (κ3) is 4.40. The molecule has 28 heavy (non-hydrogen) atoms. The van der Waals surface area contributed by atoms with Crippen molar-refractivity contribution in [2.75, 3.05) is 6.67 Å². The zero-order chi connectivity index (χ0) is 20.9. The van der Waals surface area contributed by atoms with Gasteiger partial charge < -0.3 is 10.6 Å². The second-order valence-corrected chi connectivity index (χ2v) is 8.42. The fourth-order valence-corrected chi connectivity index (χ4v) is 4.38. The Morgan fingerprint density at radius 2 is 1.50 bits per heavy atom. The molecule has 1 heterocycles. The van der Waals surface area contributed by atoms with Crippen molar-refractivity contribution >= 4 is 34.4 Å². The molecule has 0 unspecified atom stereocenters. The van der Waals surface area contributed by atoms with Gasteiger partial charge in [-0.15, -0.1) is 0 Å². The number of halogens is 1. The van der Waals surface area contributed by atoms with Crippen molar-refractivity contribution in [1.82, 2.24) is 10.6 Å². The molecule has 0 atom stereocenters. The molecular weight excluding hydrogens is 463 g/mol. The molecule has 1 aliphatic heterocycles. The normalized spacial score (nSPS) is 15.2. The molecule has 0 aliphatic carbocycles. The molecule has 2 amide bonds. The minimum Gasteiger partial charge on any atom is -0.337 e. The van der Waals surface area contributed by atoms with E-state index in [2.05, 4.69) is 67.0 Å². The highest BCUT2D eigenvalue weighted by Crippen LogP contribution is 2.31. The van der Waals surface area contributed by atoms with Gasteiger partial charge in [0.15, 0.2) is 5.41 Å². The van der Waals surface area contributed by atoms with E-state index >= 15 is 0 Å². The maximum atomic E-state index is 12.1. The van der Waals surface area contributed by atoms with Gasteiger partial charge in [-0.3, -0.25) is 9.59 Å². The van der Waals surface area contributed by atoms with E-state index in [4.69, 9.17) is 0 Å². The largest absolute Gasteiger partial charge is 0.337 e. The molecular formula is C23H29IN2O2. The zero-order valence-corrected chi connectivity index (χ0v) is 19.4. The van der Waals surface area contributed by atoms with Gasteiger partial charge in [-0.05, 0) is 90.6 Å². The van der Waals surface area contributed by atoms with E-state index < -0.39 is 5.41 Å². The summed E-state index contributed by atoms with van der Waals surface area (Å²) < 4.78 is 1.38. The standard InChI is InChI=1S/C13H16N2O2.C10H13I/c1-2-8-13(10-6-4-3-5-7-10)11(16)14-9-15-12(13)17;1-6-5-10(11)9(4)8(3)7(6)2/h3-7H,2,8-9H2,1H3,(H,14,16)(H,15,17);5H,1-4H3. The third-order valence-electron chi connectivity index (χ3n) is 5.58. The topological polar surface area (TPSA) is 58.2 Å². The van der Waals surface area contributed by atoms with E-state index in [1.807, 2.05) is 37.3 Å². The van der Waals surface area contributed by atoms with Crippen LogP contribution in [0.4, 0.5) is 0 Å². The van der Waals surface area contributed by atoms with Crippen molar-refractivity contribution in [2.45, 2.75) is 52.9 Å². The Balaban J connectivity index is 0.000000221. The summed E-state index contributed by atoms with van der Waals surface area (Å²) in [7, 11) is 0. The minimum atomic E-state index is -1.06. The highest BCUT2D eigenvalue weighted by Gasteiger charge is 2.48. The summed E-state index contributed by atoms with van der Waals surface area (Å²) >= 11 is 2.39. The van der Waals surface area contributed by atoms with E-state index in [-0.39, 0.29) is 18.5 Å². The molecule has 1 saturated heterocycles. The predicted molar refractivity (Wildman–Crippen MR) is 122 cm³/mol. The van der Waals surface area contributed by atoms with E-state index in [9.17, 15) is 9.59 Å². The van der Waals surface area contributed by atoms with Crippen molar-refractivity contribution in [2.24, 2.45) is 0 Å². The van der Waals surface area contributed by atoms with Crippen LogP contribution in [0.5, 0.6) is 0 Å². The number of rotatable bonds is 3. The average Bonchev–Trinajstić information content (AvgIpc) is 2.69. The summed E-state index contributed by atoms with van der Waals surface area (Å²) in [4.78, 5) is 24.3. The summed E-state index contributed by atoms with van der Waals surface area (Å²) in [5.74, 6) is -0.399. The Hall–Kier alpha value is -1.89. The lowest BCUT2D eigenvalue weighted by Gasteiger charge is -2.35. The van der Waals surface area contributed by atoms with Crippen LogP contribution in [0.25, 0.3) is 0 Å². The first-order chi connectivity index (χ1) is 13.3. The number of benzene rings is 2. The van der Waals surface area contributed by atoms with Gasteiger partial charge in [0, 0.05) is 3.57 Å². The van der Waals surface area contributed by atoms with E-state index in [0.29, 0.717) is 6.42 Å². The highest BCUT2D eigenvalue weighted by molar-refractivity contribution is 14.1. The molecule has 150 valence electrons. The first kappa shape index (κ1) is 22.4. The number of carbonyl (C=O) groups is 2. The molecule has 0 spiro atoms. The van der Waals surface area contributed by atoms with E-state index in [1.54, 1.807) is 0 Å². The Kier molecular flexibility index (Phi) is 7.63. The molecule has 2 aromatic carbocycles. The minimum absolute atomic E-state index is 0.200. The maximum absolute atomic E-state index is 12.1. The lowest BCUT2D eigenvalue weighted by Crippen LogP contribution is -2.62. The summed E-state index contributed by atoms with van der Waals surface area (Å²) in [5.41, 5.74) is 5.40. The fourth-order valence-electron chi connectivity index (χ4n) is 3.50. The second-order valence-electron chi connectivity index (χ2n) is 7.26. The molecule has 1 fully saturated rings. The lowest BCUT2D eigenvalue weighted by molar-refractivity contribution is -0.141. The fraction of sp³-hybridized carbons (Fsp3) is 0.391. The zero-order valence-electron chi connectivity index (χ0n) is 17.3. The molecule has 0 aromatic heterocycles. The van der Waals surface area contributed by atoms with Crippen LogP contribution in [0.15, 0.2) is 36.4 Å². The number of amides is 2. The van der Waals surface area contributed by atoms with Gasteiger partial charge in [-0.25, -0.2) is 0 Å². The first-order valence-electron chi connectivity index (χ1n) is 9.60. The molecule has 5 heteroatoms. The maximum Gasteiger partial charge on any atom is 0.241 e. The smallest absolute Gasteiger partial charge is 0.241 e. The molecule has 3 rings (SSSR count). The van der Waals surface area contributed by atoms with Crippen molar-refractivity contribution in [3.63, 3.8) is 0 Å². The number of nitrogens with one attached hydrogen (secondary N) is 2. The van der Waals surface area contributed by atoms with Crippen LogP contribution in [-0.4, -0.2) is 18.5 Å². The van der Waals surface area contributed by atoms with Crippen LogP contribution in [0.3, 0.4) is 0 Å². The monoisotopic (exact) mass is 492 g/mol. The Morgan fingerprint density at radius 3 is 2.04 bits per heavy atom. The number of hydrogen-bond donors (Lipinski definition) is 2. The molecule has 0 bridgehead atoms. The number of aryl methyl sites for hydroxylation is 1. The average molecular weight is 492 g/mol. The van der Waals surface area contributed by atoms with Gasteiger partial charge in [0.2, 0.25) is 11.8 Å². The van der Waals surface area contributed by atoms with Gasteiger partial charge >= 0.3 is 0 Å². The quantitative estimate of drug-likeness (QED) is 0.492. The van der Waals surface area contributed by atoms with Gasteiger partial charge in [0.05, 0.1) is 6.67 Å². The molecule has 1 aliphatic rings. The van der Waals surface area contributed by atoms with Crippen molar-refractivity contribution in [3.8, 4) is 0 Å². The second kappa shape index (κ2) is 9.54. The molecule has 2 aromatic rings. The van der Waals surface area contributed by atoms with Crippen molar-refractivity contribution < 1.29 is 9.59 Å². The van der Waals surface area contributed by atoms with E-state index in [1.165, 1.54) is 25.8 Å². The van der Waals surface area contributed by atoms with Gasteiger partial charge in [0.1, 0.15) is 0 Å². The lowest BCUT2D eigenvalue weighted by atomic mass is 9.74.